The van der Waals surface area contributed by atoms with Gasteiger partial charge in [-0.05, 0) is 24.6 Å². The fraction of sp³-hybridized carbons (Fsp3) is 0.333. The van der Waals surface area contributed by atoms with Crippen LogP contribution in [0.4, 0.5) is 22.2 Å². The second-order valence-electron chi connectivity index (χ2n) is 8.30. The van der Waals surface area contributed by atoms with Crippen molar-refractivity contribution in [1.82, 2.24) is 15.1 Å². The number of carbonyl (C=O) groups is 1. The summed E-state index contributed by atoms with van der Waals surface area (Å²) in [5.74, 6) is 7.68. The molecule has 0 saturated carbocycles. The number of amides is 2. The summed E-state index contributed by atoms with van der Waals surface area (Å²) in [5.41, 5.74) is 1.84. The molecular formula is C24H28N6O3. The highest BCUT2D eigenvalue weighted by molar-refractivity contribution is 5.99. The normalized spacial score (nSPS) is 10.8. The molecule has 0 bridgehead atoms. The quantitative estimate of drug-likeness (QED) is 0.366. The molecule has 1 aromatic carbocycles. The Balaban J connectivity index is 1.56. The molecule has 2 aromatic heterocycles. The van der Waals surface area contributed by atoms with Gasteiger partial charge in [0.05, 0.1) is 5.56 Å². The Hall–Kier alpha value is -3.90. The fourth-order valence-electron chi connectivity index (χ4n) is 2.69. The molecule has 3 aromatic rings. The topological polar surface area (TPSA) is 114 Å². The Morgan fingerprint density at radius 2 is 1.85 bits per heavy atom. The number of hydrogen-bond donors (Lipinski definition) is 3. The average molecular weight is 449 g/mol. The molecule has 3 rings (SSSR count). The van der Waals surface area contributed by atoms with E-state index in [-0.39, 0.29) is 5.41 Å². The van der Waals surface area contributed by atoms with Gasteiger partial charge >= 0.3 is 6.03 Å². The van der Waals surface area contributed by atoms with Gasteiger partial charge in [-0.25, -0.2) is 14.8 Å². The highest BCUT2D eigenvalue weighted by Crippen LogP contribution is 2.24. The van der Waals surface area contributed by atoms with Gasteiger partial charge in [0.2, 0.25) is 5.95 Å². The zero-order valence-electron chi connectivity index (χ0n) is 19.2. The molecule has 0 aliphatic heterocycles. The second-order valence-corrected chi connectivity index (χ2v) is 8.30. The van der Waals surface area contributed by atoms with E-state index in [0.717, 1.165) is 18.5 Å². The van der Waals surface area contributed by atoms with Crippen molar-refractivity contribution in [3.05, 3.63) is 59.6 Å². The summed E-state index contributed by atoms with van der Waals surface area (Å²) in [7, 11) is 1.67. The van der Waals surface area contributed by atoms with Crippen LogP contribution in [0, 0.1) is 11.8 Å². The van der Waals surface area contributed by atoms with Crippen LogP contribution in [0.25, 0.3) is 0 Å². The molecule has 0 unspecified atom stereocenters. The van der Waals surface area contributed by atoms with E-state index in [0.29, 0.717) is 35.4 Å². The first-order valence-electron chi connectivity index (χ1n) is 10.6. The highest BCUT2D eigenvalue weighted by atomic mass is 16.5. The van der Waals surface area contributed by atoms with Crippen molar-refractivity contribution in [2.75, 3.05) is 36.2 Å². The molecule has 9 nitrogen and oxygen atoms in total. The molecule has 172 valence electrons. The van der Waals surface area contributed by atoms with Gasteiger partial charge in [0.25, 0.3) is 0 Å². The third-order valence-corrected chi connectivity index (χ3v) is 4.42. The van der Waals surface area contributed by atoms with Crippen molar-refractivity contribution in [3.8, 4) is 11.8 Å². The molecule has 0 atom stereocenters. The molecule has 9 heteroatoms. The fourth-order valence-corrected chi connectivity index (χ4v) is 2.69. The summed E-state index contributed by atoms with van der Waals surface area (Å²) >= 11 is 0. The lowest BCUT2D eigenvalue weighted by atomic mass is 9.93. The van der Waals surface area contributed by atoms with Crippen molar-refractivity contribution in [1.29, 1.82) is 0 Å². The molecule has 2 amide bonds. The number of carbonyl (C=O) groups excluding carboxylic acids is 1. The summed E-state index contributed by atoms with van der Waals surface area (Å²) in [5, 5.41) is 12.4. The van der Waals surface area contributed by atoms with E-state index >= 15 is 0 Å². The first-order chi connectivity index (χ1) is 15.8. The Labute approximate surface area is 193 Å². The number of anilines is 3. The number of rotatable bonds is 7. The number of ether oxygens (including phenoxy) is 1. The van der Waals surface area contributed by atoms with Gasteiger partial charge in [-0.2, -0.15) is 0 Å². The van der Waals surface area contributed by atoms with Crippen molar-refractivity contribution >= 4 is 23.5 Å². The third kappa shape index (κ3) is 7.63. The maximum absolute atomic E-state index is 12.3. The molecular weight excluding hydrogens is 420 g/mol. The highest BCUT2D eigenvalue weighted by Gasteiger charge is 2.20. The standard InChI is InChI=1S/C24H28N6O3/c1-24(2,3)20-14-21(30-33-20)29-23(31)28-19-8-5-7-17(13-19)9-10-18-15-26-22(27-16-18)25-11-6-12-32-4/h5,7-8,13-16H,6,11-12H2,1-4H3,(H,25,26,27)(H2,28,29,30,31). The molecule has 0 radical (unpaired) electrons. The zero-order valence-corrected chi connectivity index (χ0v) is 19.2. The number of hydrogen-bond acceptors (Lipinski definition) is 7. The van der Waals surface area contributed by atoms with Crippen molar-refractivity contribution in [2.45, 2.75) is 32.6 Å². The molecule has 33 heavy (non-hydrogen) atoms. The predicted octanol–water partition coefficient (Wildman–Crippen LogP) is 4.25. The van der Waals surface area contributed by atoms with Gasteiger partial charge < -0.3 is 19.9 Å². The molecule has 0 fully saturated rings. The van der Waals surface area contributed by atoms with E-state index in [1.54, 1.807) is 37.7 Å². The van der Waals surface area contributed by atoms with Crippen LogP contribution in [-0.2, 0) is 10.2 Å². The van der Waals surface area contributed by atoms with E-state index in [9.17, 15) is 4.79 Å². The smallest absolute Gasteiger partial charge is 0.324 e. The summed E-state index contributed by atoms with van der Waals surface area (Å²) < 4.78 is 10.3. The summed E-state index contributed by atoms with van der Waals surface area (Å²) in [6, 6.07) is 8.52. The van der Waals surface area contributed by atoms with Crippen LogP contribution in [0.2, 0.25) is 0 Å². The van der Waals surface area contributed by atoms with Gasteiger partial charge in [0.15, 0.2) is 5.82 Å². The lowest BCUT2D eigenvalue weighted by Gasteiger charge is -2.12. The number of nitrogens with one attached hydrogen (secondary N) is 3. The summed E-state index contributed by atoms with van der Waals surface area (Å²) in [6.07, 6.45) is 4.20. The molecule has 0 aliphatic rings. The van der Waals surface area contributed by atoms with Crippen molar-refractivity contribution < 1.29 is 14.1 Å². The van der Waals surface area contributed by atoms with E-state index < -0.39 is 6.03 Å². The lowest BCUT2D eigenvalue weighted by molar-refractivity contribution is 0.197. The van der Waals surface area contributed by atoms with E-state index in [2.05, 4.69) is 42.9 Å². The van der Waals surface area contributed by atoms with Crippen LogP contribution in [0.1, 0.15) is 44.1 Å². The lowest BCUT2D eigenvalue weighted by Crippen LogP contribution is -2.19. The number of nitrogens with zero attached hydrogens (tertiary/aromatic N) is 3. The number of urea groups is 1. The van der Waals surface area contributed by atoms with Crippen LogP contribution in [-0.4, -0.2) is 41.4 Å². The Morgan fingerprint density at radius 3 is 2.55 bits per heavy atom. The molecule has 2 heterocycles. The van der Waals surface area contributed by atoms with Crippen molar-refractivity contribution in [3.63, 3.8) is 0 Å². The minimum absolute atomic E-state index is 0.192. The van der Waals surface area contributed by atoms with Gasteiger partial charge in [-0.1, -0.05) is 43.8 Å². The summed E-state index contributed by atoms with van der Waals surface area (Å²) in [6.45, 7) is 7.44. The minimum Gasteiger partial charge on any atom is -0.385 e. The largest absolute Gasteiger partial charge is 0.385 e. The number of benzene rings is 1. The monoisotopic (exact) mass is 448 g/mol. The Morgan fingerprint density at radius 1 is 1.09 bits per heavy atom. The first kappa shape index (κ1) is 23.8. The van der Waals surface area contributed by atoms with Gasteiger partial charge in [0, 0.05) is 55.4 Å². The maximum atomic E-state index is 12.3. The number of methoxy groups -OCH3 is 1. The molecule has 0 saturated heterocycles. The first-order valence-corrected chi connectivity index (χ1v) is 10.6. The predicted molar refractivity (Wildman–Crippen MR) is 127 cm³/mol. The van der Waals surface area contributed by atoms with Crippen molar-refractivity contribution in [2.24, 2.45) is 0 Å². The zero-order chi connectivity index (χ0) is 23.7. The van der Waals surface area contributed by atoms with Crippen LogP contribution in [0.5, 0.6) is 0 Å². The second kappa shape index (κ2) is 11.1. The minimum atomic E-state index is -0.421. The maximum Gasteiger partial charge on any atom is 0.324 e. The molecule has 3 N–H and O–H groups in total. The average Bonchev–Trinajstić information content (AvgIpc) is 3.25. The van der Waals surface area contributed by atoms with E-state index in [4.69, 9.17) is 9.26 Å². The third-order valence-electron chi connectivity index (χ3n) is 4.42. The Bertz CT molecular complexity index is 1120. The summed E-state index contributed by atoms with van der Waals surface area (Å²) in [4.78, 5) is 20.8. The Kier molecular flexibility index (Phi) is 8.00. The van der Waals surface area contributed by atoms with Gasteiger partial charge in [-0.15, -0.1) is 0 Å². The SMILES string of the molecule is COCCCNc1ncc(C#Cc2cccc(NC(=O)Nc3cc(C(C)(C)C)on3)c2)cn1. The van der Waals surface area contributed by atoms with Gasteiger partial charge in [0.1, 0.15) is 5.76 Å². The van der Waals surface area contributed by atoms with Gasteiger partial charge in [-0.3, -0.25) is 5.32 Å². The van der Waals surface area contributed by atoms with Crippen LogP contribution in [0.15, 0.2) is 47.2 Å². The van der Waals surface area contributed by atoms with E-state index in [1.807, 2.05) is 32.9 Å². The van der Waals surface area contributed by atoms with E-state index in [1.165, 1.54) is 0 Å². The van der Waals surface area contributed by atoms with Crippen LogP contribution < -0.4 is 16.0 Å². The van der Waals surface area contributed by atoms with Crippen LogP contribution in [0.3, 0.4) is 0 Å². The molecule has 0 aliphatic carbocycles. The number of aromatic nitrogens is 3. The van der Waals surface area contributed by atoms with Crippen LogP contribution >= 0.6 is 0 Å². The molecule has 0 spiro atoms.